The molecule has 3 atom stereocenters. The van der Waals surface area contributed by atoms with E-state index in [-0.39, 0.29) is 6.10 Å². The number of aliphatic hydroxyl groups is 1. The SMILES string of the molecule is CC(NC1CCN(C2CCCCC2O)CC1)c1ccc2c(c1)OCO2. The molecule has 0 radical (unpaired) electrons. The van der Waals surface area contributed by atoms with E-state index in [1.807, 2.05) is 6.07 Å². The Morgan fingerprint density at radius 1 is 1.08 bits per heavy atom. The van der Waals surface area contributed by atoms with Crippen LogP contribution in [0, 0.1) is 0 Å². The summed E-state index contributed by atoms with van der Waals surface area (Å²) in [7, 11) is 0. The van der Waals surface area contributed by atoms with Crippen LogP contribution in [0.1, 0.15) is 57.1 Å². The first-order valence-electron chi connectivity index (χ1n) is 9.78. The van der Waals surface area contributed by atoms with Gasteiger partial charge in [0.05, 0.1) is 6.10 Å². The first-order valence-corrected chi connectivity index (χ1v) is 9.78. The second-order valence-corrected chi connectivity index (χ2v) is 7.73. The van der Waals surface area contributed by atoms with Gasteiger partial charge in [0.1, 0.15) is 0 Å². The van der Waals surface area contributed by atoms with Crippen LogP contribution in [0.25, 0.3) is 0 Å². The molecule has 3 unspecified atom stereocenters. The Hall–Kier alpha value is -1.30. The Bertz CT molecular complexity index is 586. The number of nitrogens with zero attached hydrogens (tertiary/aromatic N) is 1. The molecule has 2 N–H and O–H groups in total. The maximum absolute atomic E-state index is 10.3. The standard InChI is InChI=1S/C20H30N2O3/c1-14(15-6-7-19-20(12-15)25-13-24-19)21-16-8-10-22(11-9-16)17-4-2-3-5-18(17)23/h6-7,12,14,16-18,21,23H,2-5,8-11,13H2,1H3. The number of benzene rings is 1. The fourth-order valence-corrected chi connectivity index (χ4v) is 4.55. The molecule has 4 rings (SSSR count). The van der Waals surface area contributed by atoms with Crippen LogP contribution >= 0.6 is 0 Å². The van der Waals surface area contributed by atoms with Crippen molar-refractivity contribution in [2.45, 2.75) is 69.7 Å². The summed E-state index contributed by atoms with van der Waals surface area (Å²) in [4.78, 5) is 2.52. The highest BCUT2D eigenvalue weighted by atomic mass is 16.7. The molecule has 2 fully saturated rings. The molecule has 2 aliphatic heterocycles. The van der Waals surface area contributed by atoms with Gasteiger partial charge in [0.15, 0.2) is 11.5 Å². The zero-order valence-corrected chi connectivity index (χ0v) is 15.1. The predicted molar refractivity (Wildman–Crippen MR) is 97.0 cm³/mol. The van der Waals surface area contributed by atoms with E-state index in [2.05, 4.69) is 29.3 Å². The monoisotopic (exact) mass is 346 g/mol. The fraction of sp³-hybridized carbons (Fsp3) is 0.700. The van der Waals surface area contributed by atoms with Crippen molar-refractivity contribution in [2.75, 3.05) is 19.9 Å². The number of likely N-dealkylation sites (tertiary alicyclic amines) is 1. The summed E-state index contributed by atoms with van der Waals surface area (Å²) < 4.78 is 10.9. The molecule has 138 valence electrons. The van der Waals surface area contributed by atoms with Gasteiger partial charge >= 0.3 is 0 Å². The highest BCUT2D eigenvalue weighted by molar-refractivity contribution is 5.45. The number of nitrogens with one attached hydrogen (secondary N) is 1. The minimum absolute atomic E-state index is 0.120. The largest absolute Gasteiger partial charge is 0.454 e. The molecule has 0 aromatic heterocycles. The van der Waals surface area contributed by atoms with Gasteiger partial charge < -0.3 is 19.9 Å². The third-order valence-electron chi connectivity index (χ3n) is 6.07. The molecule has 0 bridgehead atoms. The first-order chi connectivity index (χ1) is 12.2. The van der Waals surface area contributed by atoms with Gasteiger partial charge in [-0.05, 0) is 50.3 Å². The normalized spacial score (nSPS) is 28.9. The molecular formula is C20H30N2O3. The molecule has 0 spiro atoms. The van der Waals surface area contributed by atoms with E-state index in [9.17, 15) is 5.11 Å². The predicted octanol–water partition coefficient (Wildman–Crippen LogP) is 2.83. The number of piperidine rings is 1. The van der Waals surface area contributed by atoms with Crippen molar-refractivity contribution in [3.8, 4) is 11.5 Å². The van der Waals surface area contributed by atoms with E-state index in [1.54, 1.807) is 0 Å². The van der Waals surface area contributed by atoms with Gasteiger partial charge in [-0.15, -0.1) is 0 Å². The lowest BCUT2D eigenvalue weighted by atomic mass is 9.89. The van der Waals surface area contributed by atoms with Gasteiger partial charge in [-0.2, -0.15) is 0 Å². The summed E-state index contributed by atoms with van der Waals surface area (Å²) in [6.07, 6.45) is 6.77. The maximum Gasteiger partial charge on any atom is 0.231 e. The minimum Gasteiger partial charge on any atom is -0.454 e. The lowest BCUT2D eigenvalue weighted by molar-refractivity contribution is 0.00671. The third-order valence-corrected chi connectivity index (χ3v) is 6.07. The zero-order chi connectivity index (χ0) is 17.2. The molecule has 3 aliphatic rings. The highest BCUT2D eigenvalue weighted by Crippen LogP contribution is 2.34. The number of fused-ring (bicyclic) bond motifs is 1. The van der Waals surface area contributed by atoms with Gasteiger partial charge in [0.25, 0.3) is 0 Å². The minimum atomic E-state index is -0.120. The smallest absolute Gasteiger partial charge is 0.231 e. The zero-order valence-electron chi connectivity index (χ0n) is 15.1. The summed E-state index contributed by atoms with van der Waals surface area (Å²) in [6.45, 7) is 4.72. The fourth-order valence-electron chi connectivity index (χ4n) is 4.55. The van der Waals surface area contributed by atoms with Crippen molar-refractivity contribution in [1.29, 1.82) is 0 Å². The molecule has 25 heavy (non-hydrogen) atoms. The van der Waals surface area contributed by atoms with E-state index >= 15 is 0 Å². The highest BCUT2D eigenvalue weighted by Gasteiger charge is 2.31. The van der Waals surface area contributed by atoms with Crippen LogP contribution in [0.3, 0.4) is 0 Å². The summed E-state index contributed by atoms with van der Waals surface area (Å²) in [5.74, 6) is 1.70. The lowest BCUT2D eigenvalue weighted by Gasteiger charge is -2.42. The number of rotatable bonds is 4. The number of aliphatic hydroxyl groups excluding tert-OH is 1. The summed E-state index contributed by atoms with van der Waals surface area (Å²) in [5, 5.41) is 14.1. The van der Waals surface area contributed by atoms with Crippen LogP contribution in [-0.4, -0.2) is 48.1 Å². The van der Waals surface area contributed by atoms with Crippen LogP contribution in [0.5, 0.6) is 11.5 Å². The van der Waals surface area contributed by atoms with Crippen molar-refractivity contribution >= 4 is 0 Å². The lowest BCUT2D eigenvalue weighted by Crippen LogP contribution is -2.51. The van der Waals surface area contributed by atoms with Crippen molar-refractivity contribution in [2.24, 2.45) is 0 Å². The van der Waals surface area contributed by atoms with E-state index in [1.165, 1.54) is 18.4 Å². The van der Waals surface area contributed by atoms with E-state index in [0.717, 1.165) is 50.3 Å². The average molecular weight is 346 g/mol. The van der Waals surface area contributed by atoms with Gasteiger partial charge in [-0.3, -0.25) is 4.90 Å². The van der Waals surface area contributed by atoms with E-state index < -0.39 is 0 Å². The summed E-state index contributed by atoms with van der Waals surface area (Å²) >= 11 is 0. The molecular weight excluding hydrogens is 316 g/mol. The molecule has 2 heterocycles. The second kappa shape index (κ2) is 7.52. The molecule has 1 aromatic rings. The van der Waals surface area contributed by atoms with Crippen LogP contribution < -0.4 is 14.8 Å². The van der Waals surface area contributed by atoms with Gasteiger partial charge in [-0.1, -0.05) is 18.9 Å². The number of hydrogen-bond donors (Lipinski definition) is 2. The van der Waals surface area contributed by atoms with Crippen LogP contribution in [0.4, 0.5) is 0 Å². The number of ether oxygens (including phenoxy) is 2. The van der Waals surface area contributed by atoms with E-state index in [0.29, 0.717) is 24.9 Å². The Balaban J connectivity index is 1.29. The topological polar surface area (TPSA) is 54.0 Å². The Kier molecular flexibility index (Phi) is 5.15. The van der Waals surface area contributed by atoms with Crippen molar-refractivity contribution < 1.29 is 14.6 Å². The van der Waals surface area contributed by atoms with E-state index in [4.69, 9.17) is 9.47 Å². The maximum atomic E-state index is 10.3. The first kappa shape index (κ1) is 17.1. The van der Waals surface area contributed by atoms with Crippen LogP contribution in [0.2, 0.25) is 0 Å². The molecule has 1 saturated heterocycles. The summed E-state index contributed by atoms with van der Waals surface area (Å²) in [6, 6.07) is 7.44. The average Bonchev–Trinajstić information content (AvgIpc) is 3.10. The third kappa shape index (κ3) is 3.78. The quantitative estimate of drug-likeness (QED) is 0.878. The molecule has 5 nitrogen and oxygen atoms in total. The molecule has 1 saturated carbocycles. The molecule has 0 amide bonds. The van der Waals surface area contributed by atoms with Crippen LogP contribution in [0.15, 0.2) is 18.2 Å². The van der Waals surface area contributed by atoms with Crippen LogP contribution in [-0.2, 0) is 0 Å². The second-order valence-electron chi connectivity index (χ2n) is 7.73. The van der Waals surface area contributed by atoms with Gasteiger partial charge in [0.2, 0.25) is 6.79 Å². The Morgan fingerprint density at radius 2 is 1.84 bits per heavy atom. The molecule has 1 aliphatic carbocycles. The van der Waals surface area contributed by atoms with Crippen molar-refractivity contribution in [1.82, 2.24) is 10.2 Å². The summed E-state index contributed by atoms with van der Waals surface area (Å²) in [5.41, 5.74) is 1.24. The van der Waals surface area contributed by atoms with Crippen molar-refractivity contribution in [3.05, 3.63) is 23.8 Å². The Labute approximate surface area is 150 Å². The van der Waals surface area contributed by atoms with Crippen molar-refractivity contribution in [3.63, 3.8) is 0 Å². The molecule has 5 heteroatoms. The van der Waals surface area contributed by atoms with Gasteiger partial charge in [0, 0.05) is 31.2 Å². The Morgan fingerprint density at radius 3 is 2.64 bits per heavy atom. The van der Waals surface area contributed by atoms with Gasteiger partial charge in [-0.25, -0.2) is 0 Å². The number of hydrogen-bond acceptors (Lipinski definition) is 5. The molecule has 1 aromatic carbocycles.